The van der Waals surface area contributed by atoms with E-state index in [2.05, 4.69) is 15.5 Å². The number of nitrogens with zero attached hydrogens (tertiary/aromatic N) is 2. The Bertz CT molecular complexity index is 594. The molecular formula is C14H16FN3O2. The van der Waals surface area contributed by atoms with E-state index in [4.69, 9.17) is 9.26 Å². The summed E-state index contributed by atoms with van der Waals surface area (Å²) in [6, 6.07) is 4.66. The molecule has 1 aromatic heterocycles. The van der Waals surface area contributed by atoms with Crippen molar-refractivity contribution >= 4 is 0 Å². The summed E-state index contributed by atoms with van der Waals surface area (Å²) >= 11 is 0. The van der Waals surface area contributed by atoms with Crippen LogP contribution in [0.15, 0.2) is 22.7 Å². The van der Waals surface area contributed by atoms with Gasteiger partial charge >= 0.3 is 0 Å². The fourth-order valence-electron chi connectivity index (χ4n) is 2.47. The summed E-state index contributed by atoms with van der Waals surface area (Å²) in [5.41, 5.74) is 0.506. The molecule has 3 rings (SSSR count). The van der Waals surface area contributed by atoms with Crippen molar-refractivity contribution in [2.75, 3.05) is 20.2 Å². The zero-order chi connectivity index (χ0) is 13.9. The van der Waals surface area contributed by atoms with Crippen LogP contribution in [0.1, 0.15) is 24.7 Å². The smallest absolute Gasteiger partial charge is 0.231 e. The quantitative estimate of drug-likeness (QED) is 0.933. The van der Waals surface area contributed by atoms with Gasteiger partial charge in [-0.1, -0.05) is 11.2 Å². The second-order valence-electron chi connectivity index (χ2n) is 4.82. The number of aromatic nitrogens is 2. The minimum Gasteiger partial charge on any atom is -0.493 e. The molecule has 1 fully saturated rings. The number of benzene rings is 1. The van der Waals surface area contributed by atoms with E-state index in [0.29, 0.717) is 17.3 Å². The predicted molar refractivity (Wildman–Crippen MR) is 71.1 cm³/mol. The first-order valence-electron chi connectivity index (χ1n) is 6.67. The second kappa shape index (κ2) is 5.58. The fourth-order valence-corrected chi connectivity index (χ4v) is 2.47. The number of methoxy groups -OCH3 is 1. The van der Waals surface area contributed by atoms with Crippen LogP contribution in [0.4, 0.5) is 4.39 Å². The third kappa shape index (κ3) is 2.38. The Morgan fingerprint density at radius 3 is 3.10 bits per heavy atom. The number of nitrogens with one attached hydrogen (secondary N) is 1. The Labute approximate surface area is 116 Å². The van der Waals surface area contributed by atoms with Crippen LogP contribution in [0.25, 0.3) is 11.4 Å². The van der Waals surface area contributed by atoms with Crippen LogP contribution in [-0.2, 0) is 0 Å². The van der Waals surface area contributed by atoms with Crippen LogP contribution in [0.2, 0.25) is 0 Å². The van der Waals surface area contributed by atoms with E-state index in [0.717, 1.165) is 25.9 Å². The number of rotatable bonds is 3. The monoisotopic (exact) mass is 277 g/mol. The molecule has 106 valence electrons. The third-order valence-corrected chi connectivity index (χ3v) is 3.50. The van der Waals surface area contributed by atoms with Crippen LogP contribution in [0.5, 0.6) is 5.75 Å². The minimum atomic E-state index is -0.435. The molecule has 2 heterocycles. The van der Waals surface area contributed by atoms with Crippen molar-refractivity contribution in [3.63, 3.8) is 0 Å². The Hall–Kier alpha value is -1.95. The van der Waals surface area contributed by atoms with Gasteiger partial charge < -0.3 is 14.6 Å². The lowest BCUT2D eigenvalue weighted by molar-refractivity contribution is 0.322. The van der Waals surface area contributed by atoms with Crippen molar-refractivity contribution in [2.45, 2.75) is 18.8 Å². The van der Waals surface area contributed by atoms with Gasteiger partial charge in [0.1, 0.15) is 0 Å². The van der Waals surface area contributed by atoms with Crippen molar-refractivity contribution in [3.05, 3.63) is 29.9 Å². The lowest BCUT2D eigenvalue weighted by Gasteiger charge is -2.18. The summed E-state index contributed by atoms with van der Waals surface area (Å²) in [7, 11) is 1.42. The molecule has 1 saturated heterocycles. The van der Waals surface area contributed by atoms with Crippen LogP contribution < -0.4 is 10.1 Å². The average Bonchev–Trinajstić information content (AvgIpc) is 2.97. The molecule has 2 aromatic rings. The third-order valence-electron chi connectivity index (χ3n) is 3.50. The van der Waals surface area contributed by atoms with Crippen molar-refractivity contribution in [3.8, 4) is 17.1 Å². The molecule has 20 heavy (non-hydrogen) atoms. The average molecular weight is 277 g/mol. The number of halogens is 1. The Morgan fingerprint density at radius 2 is 2.35 bits per heavy atom. The number of ether oxygens (including phenoxy) is 1. The number of hydrogen-bond donors (Lipinski definition) is 1. The van der Waals surface area contributed by atoms with Gasteiger partial charge in [0.15, 0.2) is 11.6 Å². The van der Waals surface area contributed by atoms with Gasteiger partial charge in [-0.2, -0.15) is 4.98 Å². The molecule has 1 aliphatic rings. The summed E-state index contributed by atoms with van der Waals surface area (Å²) in [5.74, 6) is 0.891. The number of piperidine rings is 1. The molecule has 1 N–H and O–H groups in total. The molecule has 0 spiro atoms. The van der Waals surface area contributed by atoms with Gasteiger partial charge in [0.25, 0.3) is 0 Å². The van der Waals surface area contributed by atoms with Gasteiger partial charge in [0.05, 0.1) is 18.6 Å². The van der Waals surface area contributed by atoms with Crippen molar-refractivity contribution < 1.29 is 13.7 Å². The summed E-state index contributed by atoms with van der Waals surface area (Å²) < 4.78 is 24.1. The fraction of sp³-hybridized carbons (Fsp3) is 0.429. The lowest BCUT2D eigenvalue weighted by Crippen LogP contribution is -2.28. The summed E-state index contributed by atoms with van der Waals surface area (Å²) in [6.07, 6.45) is 2.11. The topological polar surface area (TPSA) is 60.2 Å². The molecule has 0 amide bonds. The maximum absolute atomic E-state index is 13.7. The zero-order valence-corrected chi connectivity index (χ0v) is 11.2. The van der Waals surface area contributed by atoms with Gasteiger partial charge in [-0.25, -0.2) is 4.39 Å². The van der Waals surface area contributed by atoms with Gasteiger partial charge in [0.2, 0.25) is 11.7 Å². The summed E-state index contributed by atoms with van der Waals surface area (Å²) in [4.78, 5) is 4.39. The highest BCUT2D eigenvalue weighted by Gasteiger charge is 2.23. The second-order valence-corrected chi connectivity index (χ2v) is 4.82. The molecule has 1 aliphatic heterocycles. The first kappa shape index (κ1) is 13.1. The van der Waals surface area contributed by atoms with Crippen LogP contribution in [0, 0.1) is 5.82 Å². The first-order chi connectivity index (χ1) is 9.79. The van der Waals surface area contributed by atoms with Crippen LogP contribution in [-0.4, -0.2) is 30.3 Å². The predicted octanol–water partition coefficient (Wildman–Crippen LogP) is 2.35. The van der Waals surface area contributed by atoms with Gasteiger partial charge in [-0.05, 0) is 31.5 Å². The highest BCUT2D eigenvalue weighted by atomic mass is 19.1. The molecule has 6 heteroatoms. The van der Waals surface area contributed by atoms with E-state index >= 15 is 0 Å². The molecular weight excluding hydrogens is 261 g/mol. The highest BCUT2D eigenvalue weighted by Crippen LogP contribution is 2.31. The Morgan fingerprint density at radius 1 is 1.45 bits per heavy atom. The molecule has 0 radical (unpaired) electrons. The SMILES string of the molecule is COc1c(F)cccc1-c1noc(C2CCCNC2)n1. The molecule has 5 nitrogen and oxygen atoms in total. The lowest BCUT2D eigenvalue weighted by atomic mass is 10.00. The molecule has 1 aromatic carbocycles. The molecule has 0 saturated carbocycles. The Balaban J connectivity index is 1.92. The maximum atomic E-state index is 13.7. The summed E-state index contributed by atoms with van der Waals surface area (Å²) in [5, 5.41) is 7.25. The standard InChI is InChI=1S/C14H16FN3O2/c1-19-12-10(5-2-6-11(12)15)13-17-14(20-18-13)9-4-3-7-16-8-9/h2,5-6,9,16H,3-4,7-8H2,1H3. The molecule has 1 unspecified atom stereocenters. The minimum absolute atomic E-state index is 0.140. The molecule has 1 atom stereocenters. The zero-order valence-electron chi connectivity index (χ0n) is 11.2. The maximum Gasteiger partial charge on any atom is 0.231 e. The normalized spacial score (nSPS) is 19.0. The van der Waals surface area contributed by atoms with E-state index < -0.39 is 5.82 Å². The van der Waals surface area contributed by atoms with E-state index in [-0.39, 0.29) is 11.7 Å². The molecule has 0 bridgehead atoms. The first-order valence-corrected chi connectivity index (χ1v) is 6.67. The van der Waals surface area contributed by atoms with Gasteiger partial charge in [-0.3, -0.25) is 0 Å². The summed E-state index contributed by atoms with van der Waals surface area (Å²) in [6.45, 7) is 1.86. The largest absolute Gasteiger partial charge is 0.493 e. The van der Waals surface area contributed by atoms with E-state index in [1.807, 2.05) is 0 Å². The van der Waals surface area contributed by atoms with E-state index in [1.165, 1.54) is 13.2 Å². The van der Waals surface area contributed by atoms with Gasteiger partial charge in [0, 0.05) is 6.54 Å². The van der Waals surface area contributed by atoms with E-state index in [1.54, 1.807) is 12.1 Å². The number of hydrogen-bond acceptors (Lipinski definition) is 5. The van der Waals surface area contributed by atoms with Gasteiger partial charge in [-0.15, -0.1) is 0 Å². The van der Waals surface area contributed by atoms with Crippen molar-refractivity contribution in [1.29, 1.82) is 0 Å². The van der Waals surface area contributed by atoms with Crippen LogP contribution in [0.3, 0.4) is 0 Å². The van der Waals surface area contributed by atoms with E-state index in [9.17, 15) is 4.39 Å². The van der Waals surface area contributed by atoms with Crippen molar-refractivity contribution in [1.82, 2.24) is 15.5 Å². The highest BCUT2D eigenvalue weighted by molar-refractivity contribution is 5.64. The van der Waals surface area contributed by atoms with Crippen LogP contribution >= 0.6 is 0 Å². The molecule has 0 aliphatic carbocycles. The number of para-hydroxylation sites is 1. The Kier molecular flexibility index (Phi) is 3.64. The van der Waals surface area contributed by atoms with Crippen molar-refractivity contribution in [2.24, 2.45) is 0 Å².